The molecule has 158 valence electrons. The highest BCUT2D eigenvalue weighted by Crippen LogP contribution is 2.32. The number of ether oxygens (including phenoxy) is 1. The topological polar surface area (TPSA) is 88.9 Å². The van der Waals surface area contributed by atoms with Crippen molar-refractivity contribution in [3.05, 3.63) is 42.4 Å². The summed E-state index contributed by atoms with van der Waals surface area (Å²) in [5.74, 6) is -1.14. The third-order valence-corrected chi connectivity index (χ3v) is 6.18. The molecule has 2 heterocycles. The van der Waals surface area contributed by atoms with Crippen molar-refractivity contribution in [2.45, 2.75) is 30.3 Å². The number of furan rings is 1. The van der Waals surface area contributed by atoms with Crippen molar-refractivity contribution in [3.63, 3.8) is 0 Å². The molecule has 3 rings (SSSR count). The molecule has 0 unspecified atom stereocenters. The number of benzene rings is 1. The van der Waals surface area contributed by atoms with Crippen LogP contribution in [0.1, 0.15) is 29.8 Å². The number of hydrogen-bond donors (Lipinski definition) is 1. The maximum Gasteiger partial charge on any atom is 0.422 e. The van der Waals surface area contributed by atoms with E-state index < -0.39 is 28.7 Å². The number of nitrogens with zero attached hydrogens (tertiary/aromatic N) is 1. The van der Waals surface area contributed by atoms with Crippen molar-refractivity contribution in [2.24, 2.45) is 0 Å². The molecule has 1 aliphatic rings. The number of nitrogens with one attached hydrogen (secondary N) is 1. The van der Waals surface area contributed by atoms with Crippen LogP contribution in [0.5, 0.6) is 5.75 Å². The van der Waals surface area contributed by atoms with Gasteiger partial charge in [0.2, 0.25) is 10.0 Å². The van der Waals surface area contributed by atoms with Gasteiger partial charge in [-0.25, -0.2) is 8.42 Å². The van der Waals surface area contributed by atoms with Crippen LogP contribution in [-0.2, 0) is 10.0 Å². The summed E-state index contributed by atoms with van der Waals surface area (Å²) in [7, 11) is -3.85. The second-order valence-electron chi connectivity index (χ2n) is 6.46. The number of sulfonamides is 1. The number of carbonyl (C=O) groups is 1. The average molecular weight is 432 g/mol. The molecule has 0 aliphatic carbocycles. The number of anilines is 1. The lowest BCUT2D eigenvalue weighted by Gasteiger charge is -2.26. The predicted octanol–water partition coefficient (Wildman–Crippen LogP) is 3.65. The van der Waals surface area contributed by atoms with Crippen LogP contribution in [0.2, 0.25) is 0 Å². The molecule has 1 aromatic heterocycles. The number of hydrogen-bond acceptors (Lipinski definition) is 5. The van der Waals surface area contributed by atoms with Gasteiger partial charge < -0.3 is 14.5 Å². The Balaban J connectivity index is 1.92. The van der Waals surface area contributed by atoms with Gasteiger partial charge in [-0.15, -0.1) is 0 Å². The van der Waals surface area contributed by atoms with E-state index in [4.69, 9.17) is 9.15 Å². The lowest BCUT2D eigenvalue weighted by atomic mass is 10.2. The predicted molar refractivity (Wildman–Crippen MR) is 97.3 cm³/mol. The van der Waals surface area contributed by atoms with Crippen molar-refractivity contribution < 1.29 is 35.5 Å². The normalized spacial score (nSPS) is 15.8. The number of rotatable bonds is 6. The van der Waals surface area contributed by atoms with Crippen LogP contribution in [0.25, 0.3) is 0 Å². The molecule has 0 atom stereocenters. The summed E-state index contributed by atoms with van der Waals surface area (Å²) < 4.78 is 74.4. The molecule has 0 bridgehead atoms. The molecular weight excluding hydrogens is 413 g/mol. The maximum atomic E-state index is 12.9. The van der Waals surface area contributed by atoms with E-state index in [0.29, 0.717) is 13.1 Å². The zero-order valence-corrected chi connectivity index (χ0v) is 16.1. The van der Waals surface area contributed by atoms with Crippen molar-refractivity contribution >= 4 is 21.6 Å². The molecule has 0 saturated carbocycles. The van der Waals surface area contributed by atoms with Crippen LogP contribution in [-0.4, -0.2) is 44.5 Å². The summed E-state index contributed by atoms with van der Waals surface area (Å²) in [6.45, 7) is -0.861. The molecule has 1 fully saturated rings. The highest BCUT2D eigenvalue weighted by Gasteiger charge is 2.30. The summed E-state index contributed by atoms with van der Waals surface area (Å²) in [5, 5.41) is 2.36. The number of halogens is 3. The quantitative estimate of drug-likeness (QED) is 0.753. The molecule has 1 aromatic carbocycles. The molecule has 0 radical (unpaired) electrons. The van der Waals surface area contributed by atoms with E-state index in [1.165, 1.54) is 22.7 Å². The van der Waals surface area contributed by atoms with Crippen LogP contribution in [0.15, 0.2) is 45.9 Å². The standard InChI is InChI=1S/C18H19F3N2O5S/c19-18(20,21)12-28-15-7-6-13(29(25,26)23-8-2-1-3-9-23)11-14(15)22-17(24)16-5-4-10-27-16/h4-7,10-11H,1-3,8-9,12H2,(H,22,24). The molecule has 1 amide bonds. The lowest BCUT2D eigenvalue weighted by molar-refractivity contribution is -0.153. The minimum atomic E-state index is -4.60. The van der Waals surface area contributed by atoms with Crippen molar-refractivity contribution in [3.8, 4) is 5.75 Å². The third-order valence-electron chi connectivity index (χ3n) is 4.29. The smallest absolute Gasteiger partial charge is 0.422 e. The lowest BCUT2D eigenvalue weighted by Crippen LogP contribution is -2.35. The fraction of sp³-hybridized carbons (Fsp3) is 0.389. The van der Waals surface area contributed by atoms with E-state index in [2.05, 4.69) is 5.32 Å². The van der Waals surface area contributed by atoms with Gasteiger partial charge in [-0.1, -0.05) is 6.42 Å². The molecule has 2 aromatic rings. The Bertz CT molecular complexity index is 952. The molecule has 0 spiro atoms. The first-order chi connectivity index (χ1) is 13.7. The zero-order chi connectivity index (χ0) is 21.1. The van der Waals surface area contributed by atoms with Crippen LogP contribution in [0, 0.1) is 0 Å². The number of alkyl halides is 3. The average Bonchev–Trinajstić information content (AvgIpc) is 3.22. The van der Waals surface area contributed by atoms with Gasteiger partial charge in [0.25, 0.3) is 5.91 Å². The van der Waals surface area contributed by atoms with Crippen molar-refractivity contribution in [1.29, 1.82) is 0 Å². The Kier molecular flexibility index (Phi) is 6.18. The maximum absolute atomic E-state index is 12.9. The van der Waals surface area contributed by atoms with Crippen LogP contribution < -0.4 is 10.1 Å². The van der Waals surface area contributed by atoms with E-state index in [9.17, 15) is 26.4 Å². The van der Waals surface area contributed by atoms with Gasteiger partial charge in [0, 0.05) is 13.1 Å². The number of amides is 1. The molecule has 1 saturated heterocycles. The molecule has 1 N–H and O–H groups in total. The summed E-state index contributed by atoms with van der Waals surface area (Å²) in [4.78, 5) is 12.1. The van der Waals surface area contributed by atoms with Gasteiger partial charge >= 0.3 is 6.18 Å². The van der Waals surface area contributed by atoms with Gasteiger partial charge in [0.15, 0.2) is 12.4 Å². The Morgan fingerprint density at radius 1 is 1.17 bits per heavy atom. The van der Waals surface area contributed by atoms with Gasteiger partial charge in [-0.2, -0.15) is 17.5 Å². The first kappa shape index (κ1) is 21.2. The Morgan fingerprint density at radius 2 is 1.90 bits per heavy atom. The minimum Gasteiger partial charge on any atom is -0.482 e. The first-order valence-electron chi connectivity index (χ1n) is 8.85. The summed E-state index contributed by atoms with van der Waals surface area (Å²) in [5.41, 5.74) is -0.200. The second kappa shape index (κ2) is 8.46. The first-order valence-corrected chi connectivity index (χ1v) is 10.3. The Hall–Kier alpha value is -2.53. The second-order valence-corrected chi connectivity index (χ2v) is 8.40. The minimum absolute atomic E-state index is 0.0870. The van der Waals surface area contributed by atoms with Gasteiger partial charge in [0.05, 0.1) is 16.8 Å². The fourth-order valence-electron chi connectivity index (χ4n) is 2.90. The van der Waals surface area contributed by atoms with E-state index in [1.54, 1.807) is 0 Å². The zero-order valence-electron chi connectivity index (χ0n) is 15.2. The monoisotopic (exact) mass is 432 g/mol. The molecule has 1 aliphatic heterocycles. The van der Waals surface area contributed by atoms with E-state index in [0.717, 1.165) is 37.5 Å². The van der Waals surface area contributed by atoms with Crippen molar-refractivity contribution in [2.75, 3.05) is 25.0 Å². The Morgan fingerprint density at radius 3 is 2.52 bits per heavy atom. The fourth-order valence-corrected chi connectivity index (χ4v) is 4.44. The summed E-state index contributed by atoms with van der Waals surface area (Å²) in [6, 6.07) is 6.18. The highest BCUT2D eigenvalue weighted by molar-refractivity contribution is 7.89. The largest absolute Gasteiger partial charge is 0.482 e. The molecule has 7 nitrogen and oxygen atoms in total. The van der Waals surface area contributed by atoms with E-state index in [1.807, 2.05) is 0 Å². The molecule has 11 heteroatoms. The summed E-state index contributed by atoms with van der Waals surface area (Å²) >= 11 is 0. The number of carbonyl (C=O) groups excluding carboxylic acids is 1. The van der Waals surface area contributed by atoms with Gasteiger partial charge in [-0.05, 0) is 43.2 Å². The molecular formula is C18H19F3N2O5S. The number of piperidine rings is 1. The van der Waals surface area contributed by atoms with E-state index in [-0.39, 0.29) is 22.1 Å². The Labute approximate surface area is 165 Å². The van der Waals surface area contributed by atoms with Gasteiger partial charge in [-0.3, -0.25) is 4.79 Å². The molecule has 29 heavy (non-hydrogen) atoms. The SMILES string of the molecule is O=C(Nc1cc(S(=O)(=O)N2CCCCC2)ccc1OCC(F)(F)F)c1ccco1. The highest BCUT2D eigenvalue weighted by atomic mass is 32.2. The van der Waals surface area contributed by atoms with E-state index >= 15 is 0 Å². The third kappa shape index (κ3) is 5.30. The van der Waals surface area contributed by atoms with Gasteiger partial charge in [0.1, 0.15) is 5.75 Å². The van der Waals surface area contributed by atoms with Crippen LogP contribution >= 0.6 is 0 Å². The van der Waals surface area contributed by atoms with Crippen LogP contribution in [0.3, 0.4) is 0 Å². The summed E-state index contributed by atoms with van der Waals surface area (Å²) in [6.07, 6.45) is -0.947. The van der Waals surface area contributed by atoms with Crippen LogP contribution in [0.4, 0.5) is 18.9 Å². The van der Waals surface area contributed by atoms with Crippen molar-refractivity contribution in [1.82, 2.24) is 4.31 Å².